The van der Waals surface area contributed by atoms with E-state index in [-0.39, 0.29) is 23.8 Å². The minimum absolute atomic E-state index is 0.150. The smallest absolute Gasteiger partial charge is 0.151 e. The van der Waals surface area contributed by atoms with Gasteiger partial charge in [0.25, 0.3) is 0 Å². The van der Waals surface area contributed by atoms with Crippen LogP contribution < -0.4 is 5.73 Å². The lowest BCUT2D eigenvalue weighted by molar-refractivity contribution is 0.510. The number of aromatic nitrogens is 2. The van der Waals surface area contributed by atoms with E-state index in [1.807, 2.05) is 6.07 Å². The van der Waals surface area contributed by atoms with Crippen LogP contribution in [0.1, 0.15) is 50.9 Å². The highest BCUT2D eigenvalue weighted by Gasteiger charge is 2.31. The number of imidazole rings is 1. The average molecular weight is 261 g/mol. The number of nitrogens with two attached hydrogens (primary N) is 1. The number of hydrogen-bond acceptors (Lipinski definition) is 2. The number of rotatable bonds is 2. The summed E-state index contributed by atoms with van der Waals surface area (Å²) in [5.74, 6) is 0.971. The van der Waals surface area contributed by atoms with Gasteiger partial charge in [-0.05, 0) is 38.8 Å². The molecule has 4 heteroatoms. The molecule has 1 heterocycles. The summed E-state index contributed by atoms with van der Waals surface area (Å²) in [4.78, 5) is 4.57. The Morgan fingerprint density at radius 2 is 2.16 bits per heavy atom. The van der Waals surface area contributed by atoms with Crippen LogP contribution in [0.15, 0.2) is 18.2 Å². The van der Waals surface area contributed by atoms with E-state index < -0.39 is 0 Å². The van der Waals surface area contributed by atoms with Crippen LogP contribution in [0.3, 0.4) is 0 Å². The van der Waals surface area contributed by atoms with Crippen LogP contribution in [0.4, 0.5) is 4.39 Å². The van der Waals surface area contributed by atoms with Gasteiger partial charge in [0.15, 0.2) is 5.82 Å². The first-order valence-corrected chi connectivity index (χ1v) is 7.01. The topological polar surface area (TPSA) is 43.8 Å². The number of para-hydroxylation sites is 1. The van der Waals surface area contributed by atoms with Gasteiger partial charge in [0.05, 0.1) is 5.52 Å². The maximum absolute atomic E-state index is 13.9. The Hall–Kier alpha value is -1.42. The molecule has 1 aromatic carbocycles. The molecule has 0 bridgehead atoms. The van der Waals surface area contributed by atoms with E-state index in [4.69, 9.17) is 5.73 Å². The summed E-state index contributed by atoms with van der Waals surface area (Å²) in [6.07, 6.45) is 3.23. The molecule has 1 aromatic heterocycles. The molecule has 102 valence electrons. The molecule has 0 saturated heterocycles. The van der Waals surface area contributed by atoms with Crippen molar-refractivity contribution in [3.63, 3.8) is 0 Å². The summed E-state index contributed by atoms with van der Waals surface area (Å²) in [5.41, 5.74) is 7.55. The van der Waals surface area contributed by atoms with E-state index in [2.05, 4.69) is 23.4 Å². The van der Waals surface area contributed by atoms with Crippen molar-refractivity contribution in [1.82, 2.24) is 9.55 Å². The Bertz CT molecular complexity index is 603. The summed E-state index contributed by atoms with van der Waals surface area (Å²) < 4.78 is 16.1. The van der Waals surface area contributed by atoms with Gasteiger partial charge in [0.2, 0.25) is 0 Å². The molecular weight excluding hydrogens is 241 g/mol. The lowest BCUT2D eigenvalue weighted by Crippen LogP contribution is -2.25. The van der Waals surface area contributed by atoms with Gasteiger partial charge in [0, 0.05) is 18.0 Å². The average Bonchev–Trinajstić information content (AvgIpc) is 2.92. The van der Waals surface area contributed by atoms with Crippen molar-refractivity contribution in [2.24, 2.45) is 5.73 Å². The summed E-state index contributed by atoms with van der Waals surface area (Å²) in [6.45, 7) is 4.21. The summed E-state index contributed by atoms with van der Waals surface area (Å²) in [5, 5.41) is 0. The minimum atomic E-state index is -0.246. The van der Waals surface area contributed by atoms with E-state index in [1.54, 1.807) is 6.07 Å². The second kappa shape index (κ2) is 4.60. The molecule has 1 saturated carbocycles. The Labute approximate surface area is 112 Å². The van der Waals surface area contributed by atoms with Gasteiger partial charge in [-0.3, -0.25) is 0 Å². The zero-order valence-electron chi connectivity index (χ0n) is 11.4. The van der Waals surface area contributed by atoms with Gasteiger partial charge >= 0.3 is 0 Å². The molecule has 2 aromatic rings. The molecular formula is C15H20FN3. The van der Waals surface area contributed by atoms with Crippen molar-refractivity contribution in [1.29, 1.82) is 0 Å². The van der Waals surface area contributed by atoms with E-state index in [0.717, 1.165) is 30.6 Å². The summed E-state index contributed by atoms with van der Waals surface area (Å²) >= 11 is 0. The number of fused-ring (bicyclic) bond motifs is 1. The number of nitrogens with zero attached hydrogens (tertiary/aromatic N) is 2. The molecule has 0 spiro atoms. The predicted molar refractivity (Wildman–Crippen MR) is 74.6 cm³/mol. The molecule has 1 aliphatic carbocycles. The van der Waals surface area contributed by atoms with E-state index in [1.165, 1.54) is 6.07 Å². The predicted octanol–water partition coefficient (Wildman–Crippen LogP) is 3.35. The quantitative estimate of drug-likeness (QED) is 0.901. The van der Waals surface area contributed by atoms with Crippen molar-refractivity contribution >= 4 is 11.0 Å². The lowest BCUT2D eigenvalue weighted by Gasteiger charge is -2.19. The third kappa shape index (κ3) is 1.94. The molecule has 19 heavy (non-hydrogen) atoms. The fourth-order valence-corrected chi connectivity index (χ4v) is 3.21. The molecule has 3 nitrogen and oxygen atoms in total. The van der Waals surface area contributed by atoms with E-state index >= 15 is 0 Å². The zero-order chi connectivity index (χ0) is 13.6. The molecule has 2 unspecified atom stereocenters. The van der Waals surface area contributed by atoms with Gasteiger partial charge in [-0.1, -0.05) is 12.5 Å². The number of hydrogen-bond donors (Lipinski definition) is 1. The molecule has 1 aliphatic rings. The largest absolute Gasteiger partial charge is 0.327 e. The van der Waals surface area contributed by atoms with Crippen LogP contribution in [0, 0.1) is 5.82 Å². The van der Waals surface area contributed by atoms with Crippen LogP contribution in [0.25, 0.3) is 11.0 Å². The SMILES string of the molecule is CC(C)n1c(C2CCCC2N)nc2c(F)cccc21. The minimum Gasteiger partial charge on any atom is -0.327 e. The molecule has 3 rings (SSSR count). The molecule has 0 amide bonds. The van der Waals surface area contributed by atoms with Gasteiger partial charge < -0.3 is 10.3 Å². The zero-order valence-corrected chi connectivity index (χ0v) is 11.4. The van der Waals surface area contributed by atoms with Crippen LogP contribution in [-0.4, -0.2) is 15.6 Å². The standard InChI is InChI=1S/C15H20FN3/c1-9(2)19-13-8-4-6-11(16)14(13)18-15(19)10-5-3-7-12(10)17/h4,6,8-10,12H,3,5,7,17H2,1-2H3. The van der Waals surface area contributed by atoms with Crippen molar-refractivity contribution in [3.8, 4) is 0 Å². The van der Waals surface area contributed by atoms with Crippen LogP contribution in [0.2, 0.25) is 0 Å². The monoisotopic (exact) mass is 261 g/mol. The Morgan fingerprint density at radius 1 is 1.37 bits per heavy atom. The normalized spacial score (nSPS) is 23.6. The van der Waals surface area contributed by atoms with Crippen molar-refractivity contribution < 1.29 is 4.39 Å². The van der Waals surface area contributed by atoms with Crippen molar-refractivity contribution in [2.45, 2.75) is 51.1 Å². The molecule has 2 atom stereocenters. The highest BCUT2D eigenvalue weighted by atomic mass is 19.1. The van der Waals surface area contributed by atoms with Crippen molar-refractivity contribution in [3.05, 3.63) is 29.8 Å². The van der Waals surface area contributed by atoms with Crippen LogP contribution in [0.5, 0.6) is 0 Å². The second-order valence-electron chi connectivity index (χ2n) is 5.74. The molecule has 0 radical (unpaired) electrons. The highest BCUT2D eigenvalue weighted by Crippen LogP contribution is 2.36. The fourth-order valence-electron chi connectivity index (χ4n) is 3.21. The van der Waals surface area contributed by atoms with Crippen molar-refractivity contribution in [2.75, 3.05) is 0 Å². The fraction of sp³-hybridized carbons (Fsp3) is 0.533. The first-order chi connectivity index (χ1) is 9.09. The van der Waals surface area contributed by atoms with Crippen LogP contribution >= 0.6 is 0 Å². The summed E-state index contributed by atoms with van der Waals surface area (Å²) in [6, 6.07) is 5.57. The number of halogens is 1. The Balaban J connectivity index is 2.23. The maximum atomic E-state index is 13.9. The second-order valence-corrected chi connectivity index (χ2v) is 5.74. The maximum Gasteiger partial charge on any atom is 0.151 e. The first kappa shape index (κ1) is 12.6. The first-order valence-electron chi connectivity index (χ1n) is 7.01. The Morgan fingerprint density at radius 3 is 2.79 bits per heavy atom. The molecule has 2 N–H and O–H groups in total. The number of benzene rings is 1. The van der Waals surface area contributed by atoms with Gasteiger partial charge in [-0.15, -0.1) is 0 Å². The third-order valence-electron chi connectivity index (χ3n) is 4.12. The van der Waals surface area contributed by atoms with E-state index in [0.29, 0.717) is 5.52 Å². The van der Waals surface area contributed by atoms with Crippen LogP contribution in [-0.2, 0) is 0 Å². The highest BCUT2D eigenvalue weighted by molar-refractivity contribution is 5.77. The molecule has 0 aliphatic heterocycles. The lowest BCUT2D eigenvalue weighted by atomic mass is 10.0. The van der Waals surface area contributed by atoms with Gasteiger partial charge in [0.1, 0.15) is 11.3 Å². The molecule has 1 fully saturated rings. The van der Waals surface area contributed by atoms with E-state index in [9.17, 15) is 4.39 Å². The van der Waals surface area contributed by atoms with Gasteiger partial charge in [-0.25, -0.2) is 9.37 Å². The summed E-state index contributed by atoms with van der Waals surface area (Å²) in [7, 11) is 0. The van der Waals surface area contributed by atoms with Gasteiger partial charge in [-0.2, -0.15) is 0 Å². The third-order valence-corrected chi connectivity index (χ3v) is 4.12. The Kier molecular flexibility index (Phi) is 3.05.